The van der Waals surface area contributed by atoms with E-state index in [1.165, 1.54) is 5.39 Å². The SMILES string of the molecule is CC(C)SSc1ccc2ccccc2c1N. The van der Waals surface area contributed by atoms with Gasteiger partial charge in [-0.2, -0.15) is 0 Å². The molecule has 0 amide bonds. The van der Waals surface area contributed by atoms with Crippen LogP contribution in [0.2, 0.25) is 0 Å². The second-order valence-corrected chi connectivity index (χ2v) is 6.75. The van der Waals surface area contributed by atoms with Crippen molar-refractivity contribution in [2.24, 2.45) is 0 Å². The minimum absolute atomic E-state index is 0.607. The number of hydrogen-bond acceptors (Lipinski definition) is 3. The van der Waals surface area contributed by atoms with Gasteiger partial charge in [-0.15, -0.1) is 0 Å². The Labute approximate surface area is 104 Å². The normalized spacial score (nSPS) is 11.2. The fourth-order valence-corrected chi connectivity index (χ4v) is 3.44. The number of hydrogen-bond donors (Lipinski definition) is 1. The molecule has 0 bridgehead atoms. The summed E-state index contributed by atoms with van der Waals surface area (Å²) in [5.41, 5.74) is 7.07. The first-order chi connectivity index (χ1) is 7.68. The van der Waals surface area contributed by atoms with Gasteiger partial charge in [0.1, 0.15) is 0 Å². The highest BCUT2D eigenvalue weighted by atomic mass is 33.1. The molecular weight excluding hydrogens is 234 g/mol. The van der Waals surface area contributed by atoms with Crippen molar-refractivity contribution in [1.29, 1.82) is 0 Å². The zero-order valence-electron chi connectivity index (χ0n) is 9.44. The molecule has 0 aromatic heterocycles. The summed E-state index contributed by atoms with van der Waals surface area (Å²) in [7, 11) is 3.61. The van der Waals surface area contributed by atoms with Crippen LogP contribution in [0.15, 0.2) is 41.3 Å². The molecule has 0 atom stereocenters. The van der Waals surface area contributed by atoms with E-state index in [9.17, 15) is 0 Å². The molecule has 0 saturated carbocycles. The van der Waals surface area contributed by atoms with Crippen LogP contribution in [0.3, 0.4) is 0 Å². The van der Waals surface area contributed by atoms with Crippen LogP contribution in [-0.4, -0.2) is 5.25 Å². The third-order valence-corrected chi connectivity index (χ3v) is 5.26. The highest BCUT2D eigenvalue weighted by Crippen LogP contribution is 2.40. The predicted octanol–water partition coefficient (Wildman–Crippen LogP) is 4.57. The standard InChI is InChI=1S/C13H15NS2/c1-9(2)15-16-12-8-7-10-5-3-4-6-11(10)13(12)14/h3-9H,14H2,1-2H3. The Kier molecular flexibility index (Phi) is 3.66. The molecule has 0 aliphatic heterocycles. The van der Waals surface area contributed by atoms with Crippen molar-refractivity contribution in [3.05, 3.63) is 36.4 Å². The number of fused-ring (bicyclic) bond motifs is 1. The van der Waals surface area contributed by atoms with Crippen molar-refractivity contribution in [2.75, 3.05) is 5.73 Å². The van der Waals surface area contributed by atoms with Crippen molar-refractivity contribution in [2.45, 2.75) is 24.0 Å². The van der Waals surface area contributed by atoms with Gasteiger partial charge in [0, 0.05) is 15.5 Å². The van der Waals surface area contributed by atoms with Gasteiger partial charge in [0.15, 0.2) is 0 Å². The minimum atomic E-state index is 0.607. The molecular formula is C13H15NS2. The lowest BCUT2D eigenvalue weighted by atomic mass is 10.1. The van der Waals surface area contributed by atoms with Crippen LogP contribution >= 0.6 is 21.6 Å². The van der Waals surface area contributed by atoms with E-state index < -0.39 is 0 Å². The van der Waals surface area contributed by atoms with Crippen LogP contribution < -0.4 is 5.73 Å². The van der Waals surface area contributed by atoms with Crippen LogP contribution in [0, 0.1) is 0 Å². The van der Waals surface area contributed by atoms with Gasteiger partial charge in [-0.1, -0.05) is 65.8 Å². The second kappa shape index (κ2) is 5.02. The molecule has 84 valence electrons. The van der Waals surface area contributed by atoms with Crippen molar-refractivity contribution < 1.29 is 0 Å². The molecule has 2 rings (SSSR count). The summed E-state index contributed by atoms with van der Waals surface area (Å²) in [6.07, 6.45) is 0. The van der Waals surface area contributed by atoms with Gasteiger partial charge in [-0.25, -0.2) is 0 Å². The highest BCUT2D eigenvalue weighted by Gasteiger charge is 2.05. The van der Waals surface area contributed by atoms with Gasteiger partial charge in [0.05, 0.1) is 5.69 Å². The highest BCUT2D eigenvalue weighted by molar-refractivity contribution is 8.77. The first-order valence-electron chi connectivity index (χ1n) is 5.29. The first-order valence-corrected chi connectivity index (χ1v) is 7.50. The fourth-order valence-electron chi connectivity index (χ4n) is 1.50. The molecule has 0 aliphatic rings. The van der Waals surface area contributed by atoms with Crippen molar-refractivity contribution in [1.82, 2.24) is 0 Å². The molecule has 0 radical (unpaired) electrons. The summed E-state index contributed by atoms with van der Waals surface area (Å²) >= 11 is 0. The van der Waals surface area contributed by atoms with Crippen LogP contribution in [0.1, 0.15) is 13.8 Å². The Bertz CT molecular complexity index is 494. The molecule has 0 spiro atoms. The van der Waals surface area contributed by atoms with Gasteiger partial charge in [-0.05, 0) is 11.5 Å². The molecule has 1 nitrogen and oxygen atoms in total. The van der Waals surface area contributed by atoms with Crippen LogP contribution in [0.5, 0.6) is 0 Å². The van der Waals surface area contributed by atoms with E-state index in [0.717, 1.165) is 16.0 Å². The molecule has 3 heteroatoms. The molecule has 2 aromatic carbocycles. The Hall–Kier alpha value is -0.800. The number of rotatable bonds is 3. The van der Waals surface area contributed by atoms with Gasteiger partial charge in [0.25, 0.3) is 0 Å². The van der Waals surface area contributed by atoms with Crippen LogP contribution in [0.4, 0.5) is 5.69 Å². The molecule has 0 fully saturated rings. The molecule has 0 unspecified atom stereocenters. The molecule has 2 N–H and O–H groups in total. The average Bonchev–Trinajstić information content (AvgIpc) is 2.28. The predicted molar refractivity (Wildman–Crippen MR) is 76.9 cm³/mol. The molecule has 2 aromatic rings. The summed E-state index contributed by atoms with van der Waals surface area (Å²) in [5, 5.41) is 2.96. The lowest BCUT2D eigenvalue weighted by Crippen LogP contribution is -1.90. The molecule has 0 aliphatic carbocycles. The van der Waals surface area contributed by atoms with Gasteiger partial charge >= 0.3 is 0 Å². The Morgan fingerprint density at radius 1 is 1.06 bits per heavy atom. The quantitative estimate of drug-likeness (QED) is 0.637. The minimum Gasteiger partial charge on any atom is -0.397 e. The van der Waals surface area contributed by atoms with Crippen molar-refractivity contribution >= 4 is 38.0 Å². The number of benzene rings is 2. The van der Waals surface area contributed by atoms with Crippen LogP contribution in [-0.2, 0) is 0 Å². The second-order valence-electron chi connectivity index (χ2n) is 3.93. The van der Waals surface area contributed by atoms with E-state index in [1.54, 1.807) is 10.8 Å². The number of nitrogens with two attached hydrogens (primary N) is 1. The largest absolute Gasteiger partial charge is 0.397 e. The third kappa shape index (κ3) is 2.47. The zero-order valence-corrected chi connectivity index (χ0v) is 11.1. The van der Waals surface area contributed by atoms with Crippen LogP contribution in [0.25, 0.3) is 10.8 Å². The Morgan fingerprint density at radius 3 is 2.56 bits per heavy atom. The topological polar surface area (TPSA) is 26.0 Å². The molecule has 0 saturated heterocycles. The van der Waals surface area contributed by atoms with Crippen molar-refractivity contribution in [3.63, 3.8) is 0 Å². The summed E-state index contributed by atoms with van der Waals surface area (Å²) in [5.74, 6) is 0. The maximum Gasteiger partial charge on any atom is 0.0540 e. The van der Waals surface area contributed by atoms with E-state index in [4.69, 9.17) is 5.73 Å². The summed E-state index contributed by atoms with van der Waals surface area (Å²) in [6, 6.07) is 12.5. The van der Waals surface area contributed by atoms with Crippen molar-refractivity contribution in [3.8, 4) is 0 Å². The third-order valence-electron chi connectivity index (χ3n) is 2.26. The number of nitrogen functional groups attached to an aromatic ring is 1. The lowest BCUT2D eigenvalue weighted by Gasteiger charge is -2.09. The summed E-state index contributed by atoms with van der Waals surface area (Å²) < 4.78 is 0. The maximum atomic E-state index is 6.17. The number of anilines is 1. The fraction of sp³-hybridized carbons (Fsp3) is 0.231. The smallest absolute Gasteiger partial charge is 0.0540 e. The Morgan fingerprint density at radius 2 is 1.81 bits per heavy atom. The van der Waals surface area contributed by atoms with E-state index in [2.05, 4.69) is 38.1 Å². The summed E-state index contributed by atoms with van der Waals surface area (Å²) in [4.78, 5) is 1.16. The average molecular weight is 249 g/mol. The van der Waals surface area contributed by atoms with E-state index in [0.29, 0.717) is 5.25 Å². The van der Waals surface area contributed by atoms with Gasteiger partial charge in [0.2, 0.25) is 0 Å². The van der Waals surface area contributed by atoms with E-state index >= 15 is 0 Å². The lowest BCUT2D eigenvalue weighted by molar-refractivity contribution is 1.12. The van der Waals surface area contributed by atoms with E-state index in [1.807, 2.05) is 22.9 Å². The monoisotopic (exact) mass is 249 g/mol. The van der Waals surface area contributed by atoms with Gasteiger partial charge in [-0.3, -0.25) is 0 Å². The zero-order chi connectivity index (χ0) is 11.5. The Balaban J connectivity index is 2.37. The molecule has 0 heterocycles. The summed E-state index contributed by atoms with van der Waals surface area (Å²) in [6.45, 7) is 4.38. The van der Waals surface area contributed by atoms with E-state index in [-0.39, 0.29) is 0 Å². The molecule has 16 heavy (non-hydrogen) atoms. The maximum absolute atomic E-state index is 6.17. The van der Waals surface area contributed by atoms with Gasteiger partial charge < -0.3 is 5.73 Å². The first kappa shape index (κ1) is 11.7.